The summed E-state index contributed by atoms with van der Waals surface area (Å²) in [5, 5.41) is 0.472. The van der Waals surface area contributed by atoms with Crippen LogP contribution in [0.4, 0.5) is 11.6 Å². The summed E-state index contributed by atoms with van der Waals surface area (Å²) in [6, 6.07) is 6.64. The molecule has 17 heavy (non-hydrogen) atoms. The number of thioether (sulfide) groups is 1. The number of H-pyrrole nitrogens is 1. The van der Waals surface area contributed by atoms with E-state index in [1.807, 2.05) is 12.1 Å². The first-order valence-electron chi connectivity index (χ1n) is 4.84. The van der Waals surface area contributed by atoms with Gasteiger partial charge in [0.15, 0.2) is 5.16 Å². The van der Waals surface area contributed by atoms with Gasteiger partial charge in [0.25, 0.3) is 5.56 Å². The molecular weight excluding hydrogens is 238 g/mol. The summed E-state index contributed by atoms with van der Waals surface area (Å²) in [6.45, 7) is 0. The maximum Gasteiger partial charge on any atom is 0.253 e. The second kappa shape index (κ2) is 4.88. The van der Waals surface area contributed by atoms with Crippen molar-refractivity contribution >= 4 is 23.4 Å². The maximum atomic E-state index is 11.2. The van der Waals surface area contributed by atoms with Crippen LogP contribution in [0.3, 0.4) is 0 Å². The number of aromatic amines is 1. The van der Waals surface area contributed by atoms with Crippen LogP contribution >= 0.6 is 11.8 Å². The molecule has 2 heterocycles. The predicted octanol–water partition coefficient (Wildman–Crippen LogP) is 0.622. The summed E-state index contributed by atoms with van der Waals surface area (Å²) in [6.07, 6.45) is 0. The molecule has 6 nitrogen and oxygen atoms in total. The highest BCUT2D eigenvalue weighted by Crippen LogP contribution is 2.17. The highest BCUT2D eigenvalue weighted by molar-refractivity contribution is 7.98. The standard InChI is InChI=1S/C10H11N5OS/c11-7-3-1-2-6(13-7)5-17-10-14-8(12)4-9(16)15-10/h1-4H,5H2,(H2,11,13)(H3,12,14,15,16). The number of nitrogens with two attached hydrogens (primary N) is 2. The van der Waals surface area contributed by atoms with Crippen molar-refractivity contribution in [1.82, 2.24) is 15.0 Å². The minimum Gasteiger partial charge on any atom is -0.384 e. The van der Waals surface area contributed by atoms with E-state index < -0.39 is 0 Å². The molecule has 0 fully saturated rings. The van der Waals surface area contributed by atoms with Gasteiger partial charge in [-0.3, -0.25) is 4.79 Å². The van der Waals surface area contributed by atoms with E-state index in [9.17, 15) is 4.79 Å². The molecule has 0 aromatic carbocycles. The number of hydrogen-bond acceptors (Lipinski definition) is 6. The van der Waals surface area contributed by atoms with Crippen LogP contribution in [-0.2, 0) is 5.75 Å². The zero-order chi connectivity index (χ0) is 12.3. The minimum absolute atomic E-state index is 0.205. The highest BCUT2D eigenvalue weighted by atomic mass is 32.2. The number of anilines is 2. The van der Waals surface area contributed by atoms with E-state index >= 15 is 0 Å². The van der Waals surface area contributed by atoms with Gasteiger partial charge in [-0.2, -0.15) is 0 Å². The van der Waals surface area contributed by atoms with Crippen LogP contribution in [0, 0.1) is 0 Å². The van der Waals surface area contributed by atoms with Gasteiger partial charge in [-0.05, 0) is 12.1 Å². The second-order valence-electron chi connectivity index (χ2n) is 3.32. The molecule has 0 aliphatic carbocycles. The number of pyridine rings is 1. The van der Waals surface area contributed by atoms with Crippen molar-refractivity contribution in [1.29, 1.82) is 0 Å². The monoisotopic (exact) mass is 249 g/mol. The van der Waals surface area contributed by atoms with E-state index in [2.05, 4.69) is 15.0 Å². The fourth-order valence-corrected chi connectivity index (χ4v) is 2.03. The van der Waals surface area contributed by atoms with E-state index in [0.29, 0.717) is 16.7 Å². The molecule has 0 bridgehead atoms. The van der Waals surface area contributed by atoms with Crippen molar-refractivity contribution in [3.8, 4) is 0 Å². The Balaban J connectivity index is 2.09. The number of nitrogen functional groups attached to an aromatic ring is 2. The molecule has 0 unspecified atom stereocenters. The van der Waals surface area contributed by atoms with Gasteiger partial charge >= 0.3 is 0 Å². The normalized spacial score (nSPS) is 10.4. The summed E-state index contributed by atoms with van der Waals surface area (Å²) in [4.78, 5) is 21.9. The van der Waals surface area contributed by atoms with Crippen molar-refractivity contribution in [2.24, 2.45) is 0 Å². The molecule has 0 spiro atoms. The van der Waals surface area contributed by atoms with Crippen molar-refractivity contribution < 1.29 is 0 Å². The van der Waals surface area contributed by atoms with Gasteiger partial charge in [0.05, 0.1) is 5.69 Å². The number of nitrogens with zero attached hydrogens (tertiary/aromatic N) is 2. The molecule has 2 aromatic rings. The lowest BCUT2D eigenvalue weighted by atomic mass is 10.4. The molecular formula is C10H11N5OS. The van der Waals surface area contributed by atoms with Crippen LogP contribution in [0.1, 0.15) is 5.69 Å². The zero-order valence-electron chi connectivity index (χ0n) is 8.88. The number of aromatic nitrogens is 3. The molecule has 0 saturated carbocycles. The molecule has 0 aliphatic heterocycles. The van der Waals surface area contributed by atoms with Crippen molar-refractivity contribution in [3.63, 3.8) is 0 Å². The minimum atomic E-state index is -0.263. The van der Waals surface area contributed by atoms with Crippen molar-refractivity contribution in [3.05, 3.63) is 40.3 Å². The fourth-order valence-electron chi connectivity index (χ4n) is 1.24. The molecule has 7 heteroatoms. The Hall–Kier alpha value is -2.02. The van der Waals surface area contributed by atoms with Gasteiger partial charge in [-0.25, -0.2) is 9.97 Å². The van der Waals surface area contributed by atoms with Crippen LogP contribution in [0.15, 0.2) is 34.2 Å². The smallest absolute Gasteiger partial charge is 0.253 e. The average molecular weight is 249 g/mol. The van der Waals surface area contributed by atoms with E-state index in [1.54, 1.807) is 6.07 Å². The van der Waals surface area contributed by atoms with Gasteiger partial charge < -0.3 is 16.5 Å². The van der Waals surface area contributed by atoms with Crippen LogP contribution in [0.5, 0.6) is 0 Å². The van der Waals surface area contributed by atoms with E-state index in [0.717, 1.165) is 5.69 Å². The molecule has 0 radical (unpaired) electrons. The van der Waals surface area contributed by atoms with Crippen LogP contribution in [0.25, 0.3) is 0 Å². The summed E-state index contributed by atoms with van der Waals surface area (Å²) >= 11 is 1.35. The van der Waals surface area contributed by atoms with Gasteiger partial charge in [0.1, 0.15) is 11.6 Å². The van der Waals surface area contributed by atoms with E-state index in [1.165, 1.54) is 17.8 Å². The summed E-state index contributed by atoms with van der Waals surface area (Å²) in [5.41, 5.74) is 11.6. The molecule has 0 amide bonds. The topological polar surface area (TPSA) is 111 Å². The van der Waals surface area contributed by atoms with Crippen molar-refractivity contribution in [2.45, 2.75) is 10.9 Å². The molecule has 2 aromatic heterocycles. The number of rotatable bonds is 3. The van der Waals surface area contributed by atoms with Gasteiger partial charge in [-0.15, -0.1) is 0 Å². The van der Waals surface area contributed by atoms with E-state index in [4.69, 9.17) is 11.5 Å². The van der Waals surface area contributed by atoms with Gasteiger partial charge in [-0.1, -0.05) is 17.8 Å². The third kappa shape index (κ3) is 3.22. The first-order valence-corrected chi connectivity index (χ1v) is 5.83. The third-order valence-electron chi connectivity index (χ3n) is 1.92. The molecule has 0 saturated heterocycles. The molecule has 5 N–H and O–H groups in total. The van der Waals surface area contributed by atoms with Crippen LogP contribution in [0.2, 0.25) is 0 Å². The summed E-state index contributed by atoms with van der Waals surface area (Å²) in [7, 11) is 0. The number of nitrogens with one attached hydrogen (secondary N) is 1. The molecule has 2 rings (SSSR count). The Morgan fingerprint density at radius 3 is 2.76 bits per heavy atom. The lowest BCUT2D eigenvalue weighted by Crippen LogP contribution is -2.09. The average Bonchev–Trinajstić information content (AvgIpc) is 2.25. The second-order valence-corrected chi connectivity index (χ2v) is 4.28. The SMILES string of the molecule is Nc1cccc(CSc2nc(N)cc(=O)[nH]2)n1. The van der Waals surface area contributed by atoms with Crippen LogP contribution in [-0.4, -0.2) is 15.0 Å². The first-order chi connectivity index (χ1) is 8.13. The largest absolute Gasteiger partial charge is 0.384 e. The number of hydrogen-bond donors (Lipinski definition) is 3. The molecule has 0 aliphatic rings. The van der Waals surface area contributed by atoms with Gasteiger partial charge in [0.2, 0.25) is 0 Å². The Bertz CT molecular complexity index is 583. The third-order valence-corrected chi connectivity index (χ3v) is 2.83. The van der Waals surface area contributed by atoms with Gasteiger partial charge in [0, 0.05) is 11.8 Å². The summed E-state index contributed by atoms with van der Waals surface area (Å²) < 4.78 is 0. The Kier molecular flexibility index (Phi) is 3.29. The highest BCUT2D eigenvalue weighted by Gasteiger charge is 2.01. The predicted molar refractivity (Wildman–Crippen MR) is 67.5 cm³/mol. The van der Waals surface area contributed by atoms with Crippen molar-refractivity contribution in [2.75, 3.05) is 11.5 Å². The maximum absolute atomic E-state index is 11.2. The fraction of sp³-hybridized carbons (Fsp3) is 0.100. The molecule has 0 atom stereocenters. The first kappa shape index (κ1) is 11.5. The lowest BCUT2D eigenvalue weighted by molar-refractivity contribution is 0.943. The van der Waals surface area contributed by atoms with E-state index in [-0.39, 0.29) is 11.4 Å². The zero-order valence-corrected chi connectivity index (χ0v) is 9.70. The van der Waals surface area contributed by atoms with Crippen LogP contribution < -0.4 is 17.0 Å². The Morgan fingerprint density at radius 1 is 1.24 bits per heavy atom. The Morgan fingerprint density at radius 2 is 2.06 bits per heavy atom. The lowest BCUT2D eigenvalue weighted by Gasteiger charge is -2.02. The molecule has 88 valence electrons. The summed E-state index contributed by atoms with van der Waals surface area (Å²) in [5.74, 6) is 1.24. The Labute approximate surface area is 101 Å². The quantitative estimate of drug-likeness (QED) is 0.543.